The summed E-state index contributed by atoms with van der Waals surface area (Å²) in [5.74, 6) is 0.664. The van der Waals surface area contributed by atoms with Gasteiger partial charge in [-0.25, -0.2) is 4.39 Å². The lowest BCUT2D eigenvalue weighted by Gasteiger charge is -2.44. The molecule has 2 heterocycles. The fourth-order valence-electron chi connectivity index (χ4n) is 3.49. The second-order valence-electron chi connectivity index (χ2n) is 6.53. The van der Waals surface area contributed by atoms with Crippen molar-refractivity contribution >= 4 is 33.1 Å². The molecule has 4 nitrogen and oxygen atoms in total. The number of para-hydroxylation sites is 2. The number of aliphatic imine (C=N–C) groups is 1. The van der Waals surface area contributed by atoms with Crippen molar-refractivity contribution in [3.8, 4) is 0 Å². The van der Waals surface area contributed by atoms with E-state index < -0.39 is 0 Å². The molecule has 0 aromatic heterocycles. The van der Waals surface area contributed by atoms with Gasteiger partial charge in [0.05, 0.1) is 23.5 Å². The molecule has 2 aliphatic rings. The highest BCUT2D eigenvalue weighted by Crippen LogP contribution is 2.35. The molecule has 1 spiro atoms. The molecule has 2 aliphatic heterocycles. The number of fused-ring (bicyclic) bond motifs is 1. The molecule has 2 aromatic rings. The van der Waals surface area contributed by atoms with Crippen LogP contribution in [0.2, 0.25) is 0 Å². The zero-order valence-electron chi connectivity index (χ0n) is 13.8. The third kappa shape index (κ3) is 3.28. The standard InChI is InChI=1S/C19H20BrFN4/c20-14-6-5-13(15(21)11-14)12-23-18-19(7-9-22-10-8-19)25-17-4-2-1-3-16(17)24-18/h1-6,11,22,25H,7-10,12H2,(H,23,24). The van der Waals surface area contributed by atoms with Gasteiger partial charge in [-0.15, -0.1) is 0 Å². The Hall–Kier alpha value is -1.92. The number of piperidine rings is 1. The fraction of sp³-hybridized carbons (Fsp3) is 0.316. The van der Waals surface area contributed by atoms with Crippen LogP contribution in [0.15, 0.2) is 51.9 Å². The van der Waals surface area contributed by atoms with E-state index in [1.54, 1.807) is 6.07 Å². The van der Waals surface area contributed by atoms with Crippen LogP contribution in [0.25, 0.3) is 0 Å². The Kier molecular flexibility index (Phi) is 4.48. The summed E-state index contributed by atoms with van der Waals surface area (Å²) in [5, 5.41) is 10.6. The SMILES string of the molecule is Fc1cc(Br)ccc1CN=C1Nc2ccccc2NC12CCNCC2. The Morgan fingerprint density at radius 2 is 1.84 bits per heavy atom. The lowest BCUT2D eigenvalue weighted by Crippen LogP contribution is -2.57. The van der Waals surface area contributed by atoms with E-state index in [9.17, 15) is 4.39 Å². The van der Waals surface area contributed by atoms with Crippen molar-refractivity contribution in [3.05, 3.63) is 58.3 Å². The van der Waals surface area contributed by atoms with E-state index in [1.807, 2.05) is 24.3 Å². The highest BCUT2D eigenvalue weighted by atomic mass is 79.9. The number of rotatable bonds is 2. The zero-order chi connectivity index (χ0) is 17.3. The smallest absolute Gasteiger partial charge is 0.129 e. The van der Waals surface area contributed by atoms with E-state index in [0.717, 1.165) is 47.6 Å². The average molecular weight is 403 g/mol. The first-order chi connectivity index (χ1) is 12.2. The van der Waals surface area contributed by atoms with Crippen LogP contribution in [-0.4, -0.2) is 24.5 Å². The van der Waals surface area contributed by atoms with Gasteiger partial charge in [-0.05, 0) is 50.2 Å². The Morgan fingerprint density at radius 1 is 1.08 bits per heavy atom. The van der Waals surface area contributed by atoms with Crippen LogP contribution < -0.4 is 16.0 Å². The molecule has 0 aliphatic carbocycles. The zero-order valence-corrected chi connectivity index (χ0v) is 15.4. The van der Waals surface area contributed by atoms with Crippen LogP contribution in [0.4, 0.5) is 15.8 Å². The predicted octanol–water partition coefficient (Wildman–Crippen LogP) is 4.15. The van der Waals surface area contributed by atoms with Crippen LogP contribution in [0.1, 0.15) is 18.4 Å². The van der Waals surface area contributed by atoms with Gasteiger partial charge in [0, 0.05) is 10.0 Å². The number of nitrogens with one attached hydrogen (secondary N) is 3. The molecule has 1 fully saturated rings. The number of hydrogen-bond donors (Lipinski definition) is 3. The van der Waals surface area contributed by atoms with Gasteiger partial charge in [-0.3, -0.25) is 4.99 Å². The number of anilines is 2. The molecule has 0 unspecified atom stereocenters. The molecular formula is C19H20BrFN4. The highest BCUT2D eigenvalue weighted by Gasteiger charge is 2.40. The van der Waals surface area contributed by atoms with Crippen LogP contribution in [0.5, 0.6) is 0 Å². The number of halogens is 2. The van der Waals surface area contributed by atoms with E-state index in [4.69, 9.17) is 4.99 Å². The second kappa shape index (κ2) is 6.77. The summed E-state index contributed by atoms with van der Waals surface area (Å²) in [4.78, 5) is 4.78. The Morgan fingerprint density at radius 3 is 2.60 bits per heavy atom. The number of amidine groups is 1. The van der Waals surface area contributed by atoms with Crippen LogP contribution >= 0.6 is 15.9 Å². The summed E-state index contributed by atoms with van der Waals surface area (Å²) in [6.45, 7) is 2.19. The van der Waals surface area contributed by atoms with Gasteiger partial charge in [0.15, 0.2) is 0 Å². The molecule has 130 valence electrons. The average Bonchev–Trinajstić information content (AvgIpc) is 2.62. The molecule has 25 heavy (non-hydrogen) atoms. The highest BCUT2D eigenvalue weighted by molar-refractivity contribution is 9.10. The van der Waals surface area contributed by atoms with E-state index in [2.05, 4.69) is 37.9 Å². The monoisotopic (exact) mass is 402 g/mol. The molecule has 4 rings (SSSR count). The van der Waals surface area contributed by atoms with E-state index in [0.29, 0.717) is 12.1 Å². The molecule has 3 N–H and O–H groups in total. The van der Waals surface area contributed by atoms with Crippen molar-refractivity contribution in [1.82, 2.24) is 5.32 Å². The summed E-state index contributed by atoms with van der Waals surface area (Å²) in [5.41, 5.74) is 2.49. The number of hydrogen-bond acceptors (Lipinski definition) is 3. The Balaban J connectivity index is 1.67. The fourth-order valence-corrected chi connectivity index (χ4v) is 3.82. The maximum absolute atomic E-state index is 14.1. The van der Waals surface area contributed by atoms with Gasteiger partial charge >= 0.3 is 0 Å². The maximum Gasteiger partial charge on any atom is 0.129 e. The van der Waals surface area contributed by atoms with Gasteiger partial charge in [-0.1, -0.05) is 34.1 Å². The van der Waals surface area contributed by atoms with Crippen LogP contribution in [0, 0.1) is 5.82 Å². The Bertz CT molecular complexity index is 815. The summed E-state index contributed by atoms with van der Waals surface area (Å²) >= 11 is 3.29. The Labute approximate surface area is 155 Å². The predicted molar refractivity (Wildman–Crippen MR) is 104 cm³/mol. The first-order valence-corrected chi connectivity index (χ1v) is 9.29. The van der Waals surface area contributed by atoms with Gasteiger partial charge in [-0.2, -0.15) is 0 Å². The molecular weight excluding hydrogens is 383 g/mol. The third-order valence-corrected chi connectivity index (χ3v) is 5.38. The molecule has 0 atom stereocenters. The molecule has 6 heteroatoms. The minimum atomic E-state index is -0.234. The summed E-state index contributed by atoms with van der Waals surface area (Å²) in [7, 11) is 0. The summed E-state index contributed by atoms with van der Waals surface area (Å²) in [6.07, 6.45) is 1.88. The molecule has 0 bridgehead atoms. The quantitative estimate of drug-likeness (QED) is 0.706. The van der Waals surface area contributed by atoms with Gasteiger partial charge < -0.3 is 16.0 Å². The topological polar surface area (TPSA) is 48.5 Å². The molecule has 1 saturated heterocycles. The first-order valence-electron chi connectivity index (χ1n) is 8.50. The lowest BCUT2D eigenvalue weighted by molar-refractivity contribution is 0.419. The van der Waals surface area contributed by atoms with Crippen molar-refractivity contribution in [2.75, 3.05) is 23.7 Å². The van der Waals surface area contributed by atoms with E-state index in [1.165, 1.54) is 6.07 Å². The second-order valence-corrected chi connectivity index (χ2v) is 7.44. The number of benzene rings is 2. The largest absolute Gasteiger partial charge is 0.371 e. The van der Waals surface area contributed by atoms with Crippen molar-refractivity contribution in [3.63, 3.8) is 0 Å². The van der Waals surface area contributed by atoms with Crippen LogP contribution in [-0.2, 0) is 6.54 Å². The van der Waals surface area contributed by atoms with Crippen molar-refractivity contribution in [2.24, 2.45) is 4.99 Å². The third-order valence-electron chi connectivity index (χ3n) is 4.89. The lowest BCUT2D eigenvalue weighted by atomic mass is 9.84. The first kappa shape index (κ1) is 16.5. The van der Waals surface area contributed by atoms with Crippen molar-refractivity contribution in [2.45, 2.75) is 24.9 Å². The van der Waals surface area contributed by atoms with Crippen molar-refractivity contribution in [1.29, 1.82) is 0 Å². The van der Waals surface area contributed by atoms with E-state index in [-0.39, 0.29) is 11.4 Å². The van der Waals surface area contributed by atoms with Crippen LogP contribution in [0.3, 0.4) is 0 Å². The van der Waals surface area contributed by atoms with Crippen molar-refractivity contribution < 1.29 is 4.39 Å². The summed E-state index contributed by atoms with van der Waals surface area (Å²) < 4.78 is 14.9. The molecule has 2 aromatic carbocycles. The molecule has 0 saturated carbocycles. The van der Waals surface area contributed by atoms with Gasteiger partial charge in [0.1, 0.15) is 11.7 Å². The minimum absolute atomic E-state index is 0.217. The maximum atomic E-state index is 14.1. The normalized spacial score (nSPS) is 20.0. The molecule has 0 amide bonds. The van der Waals surface area contributed by atoms with Gasteiger partial charge in [0.25, 0.3) is 0 Å². The number of nitrogens with zero attached hydrogens (tertiary/aromatic N) is 1. The minimum Gasteiger partial charge on any atom is -0.371 e. The summed E-state index contributed by atoms with van der Waals surface area (Å²) in [6, 6.07) is 13.3. The molecule has 0 radical (unpaired) electrons. The van der Waals surface area contributed by atoms with Gasteiger partial charge in [0.2, 0.25) is 0 Å². The van der Waals surface area contributed by atoms with E-state index >= 15 is 0 Å².